The molecule has 0 bridgehead atoms. The molecule has 0 radical (unpaired) electrons. The minimum atomic E-state index is 0.714. The number of pyridine rings is 1. The van der Waals surface area contributed by atoms with Crippen molar-refractivity contribution >= 4 is 15.9 Å². The zero-order valence-electron chi connectivity index (χ0n) is 8.24. The largest absolute Gasteiger partial charge is 0.477 e. The van der Waals surface area contributed by atoms with E-state index in [9.17, 15) is 0 Å². The first-order chi connectivity index (χ1) is 6.77. The van der Waals surface area contributed by atoms with Gasteiger partial charge in [-0.2, -0.15) is 0 Å². The highest BCUT2D eigenvalue weighted by Crippen LogP contribution is 2.34. The van der Waals surface area contributed by atoms with E-state index in [1.807, 2.05) is 12.1 Å². The molecule has 1 saturated carbocycles. The predicted octanol–water partition coefficient (Wildman–Crippen LogP) is 3.27. The lowest BCUT2D eigenvalue weighted by Crippen LogP contribution is -2.28. The van der Waals surface area contributed by atoms with Crippen LogP contribution < -0.4 is 4.74 Å². The van der Waals surface area contributed by atoms with Gasteiger partial charge in [0.2, 0.25) is 5.88 Å². The van der Waals surface area contributed by atoms with E-state index in [0.717, 1.165) is 22.9 Å². The van der Waals surface area contributed by atoms with Crippen LogP contribution in [0, 0.1) is 11.8 Å². The van der Waals surface area contributed by atoms with E-state index < -0.39 is 0 Å². The van der Waals surface area contributed by atoms with Crippen molar-refractivity contribution in [1.82, 2.24) is 4.98 Å². The van der Waals surface area contributed by atoms with Gasteiger partial charge in [-0.3, -0.25) is 0 Å². The average molecular weight is 256 g/mol. The molecule has 0 aromatic carbocycles. The average Bonchev–Trinajstić information content (AvgIpc) is 2.19. The van der Waals surface area contributed by atoms with Gasteiger partial charge in [-0.15, -0.1) is 0 Å². The summed E-state index contributed by atoms with van der Waals surface area (Å²) in [7, 11) is 0. The van der Waals surface area contributed by atoms with Gasteiger partial charge in [-0.1, -0.05) is 6.92 Å². The van der Waals surface area contributed by atoms with Crippen LogP contribution in [0.1, 0.15) is 19.8 Å². The molecule has 1 heterocycles. The third-order valence-electron chi connectivity index (χ3n) is 2.96. The lowest BCUT2D eigenvalue weighted by Gasteiger charge is -2.33. The summed E-state index contributed by atoms with van der Waals surface area (Å²) in [5.41, 5.74) is 0. The minimum absolute atomic E-state index is 0.714. The Labute approximate surface area is 92.8 Å². The first-order valence-electron chi connectivity index (χ1n) is 5.00. The van der Waals surface area contributed by atoms with Crippen molar-refractivity contribution in [3.63, 3.8) is 0 Å². The van der Waals surface area contributed by atoms with E-state index in [0.29, 0.717) is 5.88 Å². The lowest BCUT2D eigenvalue weighted by atomic mass is 9.75. The fourth-order valence-corrected chi connectivity index (χ4v) is 2.02. The molecule has 0 saturated heterocycles. The molecule has 0 spiro atoms. The van der Waals surface area contributed by atoms with E-state index in [1.165, 1.54) is 12.8 Å². The number of nitrogens with zero attached hydrogens (tertiary/aromatic N) is 1. The second kappa shape index (κ2) is 4.30. The van der Waals surface area contributed by atoms with Gasteiger partial charge in [-0.05, 0) is 52.7 Å². The highest BCUT2D eigenvalue weighted by molar-refractivity contribution is 9.10. The molecule has 1 fully saturated rings. The molecule has 0 aliphatic heterocycles. The maximum absolute atomic E-state index is 5.65. The fourth-order valence-electron chi connectivity index (χ4n) is 1.65. The summed E-state index contributed by atoms with van der Waals surface area (Å²) in [6.07, 6.45) is 4.40. The summed E-state index contributed by atoms with van der Waals surface area (Å²) in [6, 6.07) is 3.84. The Morgan fingerprint density at radius 1 is 1.57 bits per heavy atom. The Bertz CT molecular complexity index is 316. The van der Waals surface area contributed by atoms with Crippen molar-refractivity contribution in [2.45, 2.75) is 19.8 Å². The molecule has 0 amide bonds. The van der Waals surface area contributed by atoms with Crippen LogP contribution >= 0.6 is 15.9 Å². The second-order valence-corrected chi connectivity index (χ2v) is 4.77. The van der Waals surface area contributed by atoms with Gasteiger partial charge in [-0.25, -0.2) is 4.98 Å². The second-order valence-electron chi connectivity index (χ2n) is 3.92. The van der Waals surface area contributed by atoms with Crippen molar-refractivity contribution in [2.24, 2.45) is 11.8 Å². The topological polar surface area (TPSA) is 22.1 Å². The Morgan fingerprint density at radius 3 is 3.00 bits per heavy atom. The molecule has 1 aromatic rings. The molecule has 1 aromatic heterocycles. The summed E-state index contributed by atoms with van der Waals surface area (Å²) in [5, 5.41) is 0. The molecule has 76 valence electrons. The standard InChI is InChI=1S/C11H14BrNO/c1-8-4-5-9(8)7-14-11-10(12)3-2-6-13-11/h2-3,6,8-9H,4-5,7H2,1H3/t8-,9+/m1/s1. The van der Waals surface area contributed by atoms with Crippen molar-refractivity contribution in [3.8, 4) is 5.88 Å². The highest BCUT2D eigenvalue weighted by atomic mass is 79.9. The van der Waals surface area contributed by atoms with E-state index in [1.54, 1.807) is 6.20 Å². The maximum Gasteiger partial charge on any atom is 0.227 e. The number of halogens is 1. The number of hydrogen-bond acceptors (Lipinski definition) is 2. The van der Waals surface area contributed by atoms with Crippen LogP contribution in [0.2, 0.25) is 0 Å². The monoisotopic (exact) mass is 255 g/mol. The van der Waals surface area contributed by atoms with E-state index in [2.05, 4.69) is 27.8 Å². The van der Waals surface area contributed by atoms with E-state index in [-0.39, 0.29) is 0 Å². The smallest absolute Gasteiger partial charge is 0.227 e. The van der Waals surface area contributed by atoms with Gasteiger partial charge >= 0.3 is 0 Å². The first kappa shape index (κ1) is 9.97. The van der Waals surface area contributed by atoms with Crippen molar-refractivity contribution in [1.29, 1.82) is 0 Å². The lowest BCUT2D eigenvalue weighted by molar-refractivity contribution is 0.113. The normalized spacial score (nSPS) is 25.6. The van der Waals surface area contributed by atoms with E-state index in [4.69, 9.17) is 4.74 Å². The van der Waals surface area contributed by atoms with Crippen LogP contribution in [-0.4, -0.2) is 11.6 Å². The van der Waals surface area contributed by atoms with Gasteiger partial charge in [0.05, 0.1) is 11.1 Å². The van der Waals surface area contributed by atoms with Gasteiger partial charge < -0.3 is 4.74 Å². The van der Waals surface area contributed by atoms with Gasteiger partial charge in [0.15, 0.2) is 0 Å². The Hall–Kier alpha value is -0.570. The SMILES string of the molecule is C[C@@H]1CC[C@H]1COc1ncccc1Br. The van der Waals surface area contributed by atoms with Crippen LogP contribution in [0.25, 0.3) is 0 Å². The molecule has 0 N–H and O–H groups in total. The highest BCUT2D eigenvalue weighted by Gasteiger charge is 2.27. The van der Waals surface area contributed by atoms with Crippen molar-refractivity contribution in [3.05, 3.63) is 22.8 Å². The molecule has 1 aliphatic rings. The zero-order chi connectivity index (χ0) is 9.97. The third-order valence-corrected chi connectivity index (χ3v) is 3.56. The molecule has 2 nitrogen and oxygen atoms in total. The van der Waals surface area contributed by atoms with Gasteiger partial charge in [0.25, 0.3) is 0 Å². The Kier molecular flexibility index (Phi) is 3.06. The molecular weight excluding hydrogens is 242 g/mol. The predicted molar refractivity (Wildman–Crippen MR) is 59.3 cm³/mol. The molecule has 3 heteroatoms. The Morgan fingerprint density at radius 2 is 2.43 bits per heavy atom. The molecular formula is C11H14BrNO. The number of rotatable bonds is 3. The van der Waals surface area contributed by atoms with Crippen LogP contribution in [0.5, 0.6) is 5.88 Å². The van der Waals surface area contributed by atoms with Crippen molar-refractivity contribution < 1.29 is 4.74 Å². The van der Waals surface area contributed by atoms with Crippen LogP contribution in [0.4, 0.5) is 0 Å². The fraction of sp³-hybridized carbons (Fsp3) is 0.545. The number of ether oxygens (including phenoxy) is 1. The quantitative estimate of drug-likeness (QED) is 0.828. The third kappa shape index (κ3) is 2.08. The summed E-state index contributed by atoms with van der Waals surface area (Å²) < 4.78 is 6.59. The summed E-state index contributed by atoms with van der Waals surface area (Å²) in [6.45, 7) is 3.09. The van der Waals surface area contributed by atoms with Crippen molar-refractivity contribution in [2.75, 3.05) is 6.61 Å². The summed E-state index contributed by atoms with van der Waals surface area (Å²) >= 11 is 3.41. The minimum Gasteiger partial charge on any atom is -0.477 e. The summed E-state index contributed by atoms with van der Waals surface area (Å²) in [4.78, 5) is 4.16. The summed E-state index contributed by atoms with van der Waals surface area (Å²) in [5.74, 6) is 2.26. The number of aromatic nitrogens is 1. The van der Waals surface area contributed by atoms with Gasteiger partial charge in [0.1, 0.15) is 0 Å². The Balaban J connectivity index is 1.88. The van der Waals surface area contributed by atoms with E-state index >= 15 is 0 Å². The van der Waals surface area contributed by atoms with Crippen LogP contribution in [0.15, 0.2) is 22.8 Å². The maximum atomic E-state index is 5.65. The number of hydrogen-bond donors (Lipinski definition) is 0. The molecule has 0 unspecified atom stereocenters. The molecule has 2 rings (SSSR count). The molecule has 1 aliphatic carbocycles. The molecule has 14 heavy (non-hydrogen) atoms. The van der Waals surface area contributed by atoms with Crippen LogP contribution in [-0.2, 0) is 0 Å². The van der Waals surface area contributed by atoms with Crippen LogP contribution in [0.3, 0.4) is 0 Å². The van der Waals surface area contributed by atoms with Gasteiger partial charge in [0, 0.05) is 6.20 Å². The molecule has 2 atom stereocenters. The first-order valence-corrected chi connectivity index (χ1v) is 5.80. The zero-order valence-corrected chi connectivity index (χ0v) is 9.83.